The van der Waals surface area contributed by atoms with Gasteiger partial charge in [-0.1, -0.05) is 6.07 Å². The second-order valence-electron chi connectivity index (χ2n) is 5.06. The van der Waals surface area contributed by atoms with E-state index in [0.717, 1.165) is 16.8 Å². The van der Waals surface area contributed by atoms with Crippen LogP contribution in [0.1, 0.15) is 32.0 Å². The van der Waals surface area contributed by atoms with Gasteiger partial charge < -0.3 is 5.32 Å². The Morgan fingerprint density at radius 3 is 2.59 bits per heavy atom. The van der Waals surface area contributed by atoms with Crippen molar-refractivity contribution in [1.82, 2.24) is 9.97 Å². The molecule has 6 heteroatoms. The molecule has 3 rings (SSSR count). The van der Waals surface area contributed by atoms with Crippen LogP contribution in [0.15, 0.2) is 40.9 Å². The molecule has 5 nitrogen and oxygen atoms in total. The van der Waals surface area contributed by atoms with Crippen LogP contribution >= 0.6 is 15.9 Å². The quantitative estimate of drug-likeness (QED) is 0.893. The van der Waals surface area contributed by atoms with Crippen LogP contribution in [0.5, 0.6) is 0 Å². The van der Waals surface area contributed by atoms with Crippen LogP contribution in [0.3, 0.4) is 0 Å². The second-order valence-corrected chi connectivity index (χ2v) is 5.85. The molecule has 1 aromatic carbocycles. The van der Waals surface area contributed by atoms with Crippen molar-refractivity contribution in [2.24, 2.45) is 0 Å². The molecule has 0 saturated carbocycles. The van der Waals surface area contributed by atoms with E-state index in [9.17, 15) is 9.59 Å². The average Bonchev–Trinajstić information content (AvgIpc) is 2.53. The number of allylic oxidation sites excluding steroid dienone is 2. The van der Waals surface area contributed by atoms with E-state index in [4.69, 9.17) is 0 Å². The van der Waals surface area contributed by atoms with Crippen molar-refractivity contribution in [2.75, 3.05) is 5.32 Å². The van der Waals surface area contributed by atoms with Crippen molar-refractivity contribution in [3.63, 3.8) is 0 Å². The molecule has 110 valence electrons. The van der Waals surface area contributed by atoms with Crippen LogP contribution < -0.4 is 5.32 Å². The monoisotopic (exact) mass is 357 g/mol. The molecule has 1 N–H and O–H groups in total. The number of hydrogen-bond donors (Lipinski definition) is 1. The molecule has 0 aliphatic heterocycles. The summed E-state index contributed by atoms with van der Waals surface area (Å²) in [7, 11) is 0. The molecule has 22 heavy (non-hydrogen) atoms. The molecule has 0 spiro atoms. The van der Waals surface area contributed by atoms with Crippen LogP contribution in [-0.4, -0.2) is 21.5 Å². The first-order valence-corrected chi connectivity index (χ1v) is 7.42. The van der Waals surface area contributed by atoms with Crippen molar-refractivity contribution in [3.8, 4) is 0 Å². The first kappa shape index (κ1) is 14.6. The zero-order chi connectivity index (χ0) is 15.9. The van der Waals surface area contributed by atoms with Crippen molar-refractivity contribution in [3.05, 3.63) is 63.3 Å². The Bertz CT molecular complexity index is 843. The number of halogens is 1. The zero-order valence-corrected chi connectivity index (χ0v) is 13.6. The third-order valence-corrected chi connectivity index (χ3v) is 4.35. The van der Waals surface area contributed by atoms with E-state index in [1.165, 1.54) is 12.5 Å². The van der Waals surface area contributed by atoms with E-state index >= 15 is 0 Å². The first-order chi connectivity index (χ1) is 10.5. The van der Waals surface area contributed by atoms with Crippen molar-refractivity contribution in [2.45, 2.75) is 13.8 Å². The summed E-state index contributed by atoms with van der Waals surface area (Å²) in [6.07, 6.45) is 2.62. The van der Waals surface area contributed by atoms with E-state index in [1.54, 1.807) is 0 Å². The average molecular weight is 358 g/mol. The number of ketones is 2. The zero-order valence-electron chi connectivity index (χ0n) is 12.0. The fraction of sp³-hybridized carbons (Fsp3) is 0.125. The van der Waals surface area contributed by atoms with Crippen LogP contribution in [-0.2, 0) is 0 Å². The molecule has 0 saturated heterocycles. The lowest BCUT2D eigenvalue weighted by molar-refractivity contribution is 0.0979. The van der Waals surface area contributed by atoms with Crippen LogP contribution in [0.2, 0.25) is 0 Å². The van der Waals surface area contributed by atoms with Crippen molar-refractivity contribution in [1.29, 1.82) is 0 Å². The number of carbonyl (C=O) groups is 2. The Balaban J connectivity index is 2.03. The molecule has 0 amide bonds. The van der Waals surface area contributed by atoms with Crippen LogP contribution in [0.4, 0.5) is 5.69 Å². The predicted octanol–water partition coefficient (Wildman–Crippen LogP) is 3.19. The number of hydrogen-bond acceptors (Lipinski definition) is 5. The number of aromatic nitrogens is 2. The standard InChI is InChI=1S/C16H12BrN3O2/c1-8-3-4-10(5-9(8)2)20-14-12(17)16(22)13-11(15(14)21)6-18-7-19-13/h3-7,20H,1-2H3. The summed E-state index contributed by atoms with van der Waals surface area (Å²) in [5.74, 6) is -0.636. The molecule has 1 aromatic heterocycles. The maximum absolute atomic E-state index is 12.5. The smallest absolute Gasteiger partial charge is 0.221 e. The minimum atomic E-state index is -0.330. The summed E-state index contributed by atoms with van der Waals surface area (Å²) in [6.45, 7) is 4.00. The summed E-state index contributed by atoms with van der Waals surface area (Å²) < 4.78 is 0.182. The maximum atomic E-state index is 12.5. The maximum Gasteiger partial charge on any atom is 0.221 e. The molecule has 1 aliphatic rings. The number of nitrogens with zero attached hydrogens (tertiary/aromatic N) is 2. The van der Waals surface area contributed by atoms with Gasteiger partial charge in [-0.05, 0) is 53.0 Å². The minimum absolute atomic E-state index is 0.123. The van der Waals surface area contributed by atoms with Gasteiger partial charge in [-0.3, -0.25) is 9.59 Å². The summed E-state index contributed by atoms with van der Waals surface area (Å²) >= 11 is 3.21. The molecule has 0 unspecified atom stereocenters. The van der Waals surface area contributed by atoms with Crippen molar-refractivity contribution < 1.29 is 9.59 Å². The number of aryl methyl sites for hydroxylation is 2. The van der Waals surface area contributed by atoms with Gasteiger partial charge in [0, 0.05) is 11.9 Å². The molecular formula is C16H12BrN3O2. The highest BCUT2D eigenvalue weighted by Gasteiger charge is 2.32. The summed E-state index contributed by atoms with van der Waals surface area (Å²) in [5.41, 5.74) is 3.54. The Hall–Kier alpha value is -2.34. The van der Waals surface area contributed by atoms with E-state index in [-0.39, 0.29) is 33.0 Å². The number of Topliss-reactive ketones (excluding diaryl/α,β-unsaturated/α-hetero) is 2. The largest absolute Gasteiger partial charge is 0.351 e. The number of benzene rings is 1. The molecule has 0 fully saturated rings. The van der Waals surface area contributed by atoms with Gasteiger partial charge >= 0.3 is 0 Å². The highest BCUT2D eigenvalue weighted by Crippen LogP contribution is 2.29. The van der Waals surface area contributed by atoms with Gasteiger partial charge in [0.2, 0.25) is 11.6 Å². The van der Waals surface area contributed by atoms with E-state index in [0.29, 0.717) is 0 Å². The molecule has 0 atom stereocenters. The first-order valence-electron chi connectivity index (χ1n) is 6.62. The molecule has 0 bridgehead atoms. The highest BCUT2D eigenvalue weighted by atomic mass is 79.9. The van der Waals surface area contributed by atoms with Gasteiger partial charge in [-0.25, -0.2) is 9.97 Å². The van der Waals surface area contributed by atoms with Gasteiger partial charge in [-0.15, -0.1) is 0 Å². The fourth-order valence-electron chi connectivity index (χ4n) is 2.20. The molecular weight excluding hydrogens is 346 g/mol. The van der Waals surface area contributed by atoms with Crippen molar-refractivity contribution >= 4 is 33.2 Å². The molecule has 2 aromatic rings. The van der Waals surface area contributed by atoms with E-state index in [2.05, 4.69) is 31.2 Å². The normalized spacial score (nSPS) is 14.1. The Morgan fingerprint density at radius 2 is 1.86 bits per heavy atom. The Labute approximate surface area is 135 Å². The predicted molar refractivity (Wildman–Crippen MR) is 86.2 cm³/mol. The lowest BCUT2D eigenvalue weighted by Gasteiger charge is -2.18. The second kappa shape index (κ2) is 5.46. The highest BCUT2D eigenvalue weighted by molar-refractivity contribution is 9.12. The fourth-order valence-corrected chi connectivity index (χ4v) is 2.67. The van der Waals surface area contributed by atoms with Gasteiger partial charge in [0.25, 0.3) is 0 Å². The van der Waals surface area contributed by atoms with Gasteiger partial charge in [0.15, 0.2) is 0 Å². The molecule has 1 heterocycles. The van der Waals surface area contributed by atoms with Gasteiger partial charge in [0.1, 0.15) is 17.7 Å². The summed E-state index contributed by atoms with van der Waals surface area (Å²) in [6, 6.07) is 5.75. The molecule has 0 radical (unpaired) electrons. The SMILES string of the molecule is Cc1ccc(NC2=C(Br)C(=O)c3ncncc3C2=O)cc1C. The number of carbonyl (C=O) groups excluding carboxylic acids is 2. The molecule has 1 aliphatic carbocycles. The number of fused-ring (bicyclic) bond motifs is 1. The lowest BCUT2D eigenvalue weighted by Crippen LogP contribution is -2.25. The van der Waals surface area contributed by atoms with Crippen LogP contribution in [0.25, 0.3) is 0 Å². The summed E-state index contributed by atoms with van der Waals surface area (Å²) in [5, 5.41) is 3.03. The Morgan fingerprint density at radius 1 is 1.09 bits per heavy atom. The van der Waals surface area contributed by atoms with E-state index < -0.39 is 0 Å². The number of nitrogens with one attached hydrogen (secondary N) is 1. The minimum Gasteiger partial charge on any atom is -0.351 e. The Kier molecular flexibility index (Phi) is 3.62. The van der Waals surface area contributed by atoms with E-state index in [1.807, 2.05) is 32.0 Å². The number of anilines is 1. The van der Waals surface area contributed by atoms with Gasteiger partial charge in [0.05, 0.1) is 10.0 Å². The third kappa shape index (κ3) is 2.35. The number of rotatable bonds is 2. The van der Waals surface area contributed by atoms with Gasteiger partial charge in [-0.2, -0.15) is 0 Å². The third-order valence-electron chi connectivity index (χ3n) is 3.59. The van der Waals surface area contributed by atoms with Crippen LogP contribution in [0, 0.1) is 13.8 Å². The summed E-state index contributed by atoms with van der Waals surface area (Å²) in [4.78, 5) is 32.6. The topological polar surface area (TPSA) is 72.0 Å². The lowest BCUT2D eigenvalue weighted by atomic mass is 9.98.